The second kappa shape index (κ2) is 7.12. The number of hydrogen-bond donors (Lipinski definition) is 1. The predicted molar refractivity (Wildman–Crippen MR) is 102 cm³/mol. The van der Waals surface area contributed by atoms with Crippen molar-refractivity contribution in [3.63, 3.8) is 0 Å². The Balaban J connectivity index is 1.58. The third-order valence-electron chi connectivity index (χ3n) is 4.83. The fraction of sp³-hybridized carbons (Fsp3) is 0.238. The van der Waals surface area contributed by atoms with Gasteiger partial charge in [-0.1, -0.05) is 36.4 Å². The number of nitrogens with zero attached hydrogens (tertiary/aromatic N) is 3. The Hall–Kier alpha value is -2.94. The first-order valence-electron chi connectivity index (χ1n) is 8.72. The number of hydrogen-bond acceptors (Lipinski definition) is 5. The van der Waals surface area contributed by atoms with Crippen molar-refractivity contribution < 1.29 is 4.74 Å². The highest BCUT2D eigenvalue weighted by Gasteiger charge is 2.11. The van der Waals surface area contributed by atoms with Crippen LogP contribution in [0.25, 0.3) is 22.0 Å². The van der Waals surface area contributed by atoms with Crippen molar-refractivity contribution in [1.82, 2.24) is 9.88 Å². The lowest BCUT2D eigenvalue weighted by Crippen LogP contribution is -2.35. The van der Waals surface area contributed by atoms with Crippen molar-refractivity contribution >= 4 is 16.6 Å². The summed E-state index contributed by atoms with van der Waals surface area (Å²) in [5.74, 6) is 0. The highest BCUT2D eigenvalue weighted by Crippen LogP contribution is 2.28. The Labute approximate surface area is 152 Å². The number of morpholine rings is 1. The monoisotopic (exact) mass is 344 g/mol. The first-order chi connectivity index (χ1) is 12.7. The van der Waals surface area contributed by atoms with Gasteiger partial charge in [0.15, 0.2) is 0 Å². The molecule has 1 aliphatic rings. The maximum absolute atomic E-state index is 9.07. The summed E-state index contributed by atoms with van der Waals surface area (Å²) in [5, 5.41) is 9.89. The minimum absolute atomic E-state index is 0.415. The molecule has 26 heavy (non-hydrogen) atoms. The molecule has 0 aliphatic carbocycles. The van der Waals surface area contributed by atoms with Crippen molar-refractivity contribution in [3.8, 4) is 17.2 Å². The molecular formula is C21H20N4O. The molecule has 1 aliphatic heterocycles. The largest absolute Gasteiger partial charge is 0.397 e. The van der Waals surface area contributed by atoms with E-state index in [1.807, 2.05) is 18.2 Å². The number of rotatable bonds is 3. The van der Waals surface area contributed by atoms with Crippen LogP contribution >= 0.6 is 0 Å². The molecule has 0 atom stereocenters. The van der Waals surface area contributed by atoms with Crippen LogP contribution in [0.2, 0.25) is 0 Å². The molecule has 0 bridgehead atoms. The number of nitriles is 1. The Morgan fingerprint density at radius 2 is 1.81 bits per heavy atom. The Kier molecular flexibility index (Phi) is 4.53. The van der Waals surface area contributed by atoms with Crippen molar-refractivity contribution in [2.24, 2.45) is 0 Å². The molecule has 2 aromatic carbocycles. The van der Waals surface area contributed by atoms with E-state index in [1.54, 1.807) is 0 Å². The van der Waals surface area contributed by atoms with Gasteiger partial charge in [-0.3, -0.25) is 9.88 Å². The molecule has 0 amide bonds. The smallest absolute Gasteiger partial charge is 0.103 e. The van der Waals surface area contributed by atoms with Crippen LogP contribution in [0.1, 0.15) is 11.1 Å². The highest BCUT2D eigenvalue weighted by molar-refractivity contribution is 5.95. The lowest BCUT2D eigenvalue weighted by molar-refractivity contribution is 0.0342. The van der Waals surface area contributed by atoms with Gasteiger partial charge < -0.3 is 10.5 Å². The van der Waals surface area contributed by atoms with Gasteiger partial charge in [-0.05, 0) is 22.8 Å². The molecule has 5 heteroatoms. The second-order valence-electron chi connectivity index (χ2n) is 6.51. The van der Waals surface area contributed by atoms with Gasteiger partial charge in [-0.2, -0.15) is 5.26 Å². The number of nitrogen functional groups attached to an aromatic ring is 1. The highest BCUT2D eigenvalue weighted by atomic mass is 16.5. The number of fused-ring (bicyclic) bond motifs is 1. The van der Waals surface area contributed by atoms with Gasteiger partial charge in [-0.25, -0.2) is 0 Å². The van der Waals surface area contributed by atoms with E-state index in [1.165, 1.54) is 11.8 Å². The van der Waals surface area contributed by atoms with Gasteiger partial charge in [0.1, 0.15) is 6.07 Å². The summed E-state index contributed by atoms with van der Waals surface area (Å²) in [6, 6.07) is 16.7. The third-order valence-corrected chi connectivity index (χ3v) is 4.83. The van der Waals surface area contributed by atoms with E-state index < -0.39 is 0 Å². The molecule has 5 nitrogen and oxygen atoms in total. The Bertz CT molecular complexity index is 970. The number of aromatic nitrogens is 1. The van der Waals surface area contributed by atoms with E-state index in [2.05, 4.69) is 40.2 Å². The third kappa shape index (κ3) is 3.25. The number of anilines is 1. The average Bonchev–Trinajstić information content (AvgIpc) is 2.69. The minimum Gasteiger partial charge on any atom is -0.397 e. The Morgan fingerprint density at radius 1 is 1.08 bits per heavy atom. The SMILES string of the molecule is N#Cc1cnc2cc(-c3ccc(CN4CCOCC4)cc3)ccc2c1N. The first-order valence-corrected chi connectivity index (χ1v) is 8.72. The van der Waals surface area contributed by atoms with E-state index in [-0.39, 0.29) is 0 Å². The Morgan fingerprint density at radius 3 is 2.54 bits per heavy atom. The van der Waals surface area contributed by atoms with Crippen LogP contribution in [-0.2, 0) is 11.3 Å². The number of nitrogens with two attached hydrogens (primary N) is 1. The lowest BCUT2D eigenvalue weighted by Gasteiger charge is -2.26. The van der Waals surface area contributed by atoms with Crippen molar-refractivity contribution in [2.75, 3.05) is 32.0 Å². The molecule has 4 rings (SSSR count). The van der Waals surface area contributed by atoms with Gasteiger partial charge in [0.05, 0.1) is 30.0 Å². The molecule has 1 aromatic heterocycles. The summed E-state index contributed by atoms with van der Waals surface area (Å²) >= 11 is 0. The molecule has 2 heterocycles. The molecule has 1 saturated heterocycles. The maximum atomic E-state index is 9.07. The zero-order valence-electron chi connectivity index (χ0n) is 14.5. The van der Waals surface area contributed by atoms with Crippen LogP contribution in [0.4, 0.5) is 5.69 Å². The second-order valence-corrected chi connectivity index (χ2v) is 6.51. The van der Waals surface area contributed by atoms with E-state index in [4.69, 9.17) is 15.7 Å². The van der Waals surface area contributed by atoms with Gasteiger partial charge in [0.2, 0.25) is 0 Å². The number of benzene rings is 2. The van der Waals surface area contributed by atoms with Crippen LogP contribution in [0.15, 0.2) is 48.7 Å². The number of pyridine rings is 1. The maximum Gasteiger partial charge on any atom is 0.103 e. The van der Waals surface area contributed by atoms with Gasteiger partial charge in [0, 0.05) is 31.2 Å². The van der Waals surface area contributed by atoms with E-state index in [0.29, 0.717) is 11.3 Å². The lowest BCUT2D eigenvalue weighted by atomic mass is 10.0. The molecular weight excluding hydrogens is 324 g/mol. The summed E-state index contributed by atoms with van der Waals surface area (Å²) in [5.41, 5.74) is 11.3. The van der Waals surface area contributed by atoms with Gasteiger partial charge >= 0.3 is 0 Å². The quantitative estimate of drug-likeness (QED) is 0.790. The first kappa shape index (κ1) is 16.5. The molecule has 3 aromatic rings. The van der Waals surface area contributed by atoms with E-state index in [9.17, 15) is 0 Å². The van der Waals surface area contributed by atoms with Crippen LogP contribution in [0.5, 0.6) is 0 Å². The van der Waals surface area contributed by atoms with Crippen LogP contribution < -0.4 is 5.73 Å². The normalized spacial score (nSPS) is 15.0. The fourth-order valence-electron chi connectivity index (χ4n) is 3.30. The summed E-state index contributed by atoms with van der Waals surface area (Å²) in [6.45, 7) is 4.57. The zero-order chi connectivity index (χ0) is 17.9. The molecule has 0 spiro atoms. The molecule has 0 radical (unpaired) electrons. The molecule has 130 valence electrons. The average molecular weight is 344 g/mol. The van der Waals surface area contributed by atoms with Crippen molar-refractivity contribution in [3.05, 3.63) is 59.8 Å². The van der Waals surface area contributed by atoms with E-state index in [0.717, 1.165) is 54.9 Å². The predicted octanol–water partition coefficient (Wildman–Crippen LogP) is 3.19. The van der Waals surface area contributed by atoms with E-state index >= 15 is 0 Å². The molecule has 0 unspecified atom stereocenters. The van der Waals surface area contributed by atoms with Gasteiger partial charge in [0.25, 0.3) is 0 Å². The molecule has 1 fully saturated rings. The zero-order valence-corrected chi connectivity index (χ0v) is 14.5. The standard InChI is InChI=1S/C21H20N4O/c22-12-18-13-24-20-11-17(5-6-19(20)21(18)23)16-3-1-15(2-4-16)14-25-7-9-26-10-8-25/h1-6,11,13H,7-10,14H2,(H2,23,24). The van der Waals surface area contributed by atoms with Crippen LogP contribution in [0, 0.1) is 11.3 Å². The number of ether oxygens (including phenoxy) is 1. The summed E-state index contributed by atoms with van der Waals surface area (Å²) in [7, 11) is 0. The minimum atomic E-state index is 0.415. The topological polar surface area (TPSA) is 75.2 Å². The van der Waals surface area contributed by atoms with Crippen molar-refractivity contribution in [2.45, 2.75) is 6.54 Å². The fourth-order valence-corrected chi connectivity index (χ4v) is 3.30. The summed E-state index contributed by atoms with van der Waals surface area (Å²) < 4.78 is 5.40. The summed E-state index contributed by atoms with van der Waals surface area (Å²) in [4.78, 5) is 6.78. The molecule has 2 N–H and O–H groups in total. The van der Waals surface area contributed by atoms with Crippen LogP contribution in [-0.4, -0.2) is 36.2 Å². The molecule has 0 saturated carbocycles. The van der Waals surface area contributed by atoms with Crippen LogP contribution in [0.3, 0.4) is 0 Å². The van der Waals surface area contributed by atoms with Gasteiger partial charge in [-0.15, -0.1) is 0 Å². The summed E-state index contributed by atoms with van der Waals surface area (Å²) in [6.07, 6.45) is 1.53. The van der Waals surface area contributed by atoms with Crippen molar-refractivity contribution in [1.29, 1.82) is 5.26 Å².